The Hall–Kier alpha value is -1.13. The van der Waals surface area contributed by atoms with Gasteiger partial charge in [-0.25, -0.2) is 0 Å². The van der Waals surface area contributed by atoms with Crippen molar-refractivity contribution in [2.75, 3.05) is 19.7 Å². The fourth-order valence-corrected chi connectivity index (χ4v) is 3.60. The lowest BCUT2D eigenvalue weighted by Crippen LogP contribution is -2.34. The Morgan fingerprint density at radius 3 is 2.81 bits per heavy atom. The number of aliphatic hydroxyl groups is 1. The van der Waals surface area contributed by atoms with Crippen LogP contribution in [0.4, 0.5) is 0 Å². The largest absolute Gasteiger partial charge is 0.396 e. The first kappa shape index (κ1) is 16.2. The molecule has 0 spiro atoms. The summed E-state index contributed by atoms with van der Waals surface area (Å²) >= 11 is 0. The van der Waals surface area contributed by atoms with Gasteiger partial charge in [0, 0.05) is 36.1 Å². The third-order valence-electron chi connectivity index (χ3n) is 4.73. The zero-order valence-electron chi connectivity index (χ0n) is 13.6. The number of nitrogens with zero attached hydrogens (tertiary/aromatic N) is 2. The molecule has 1 N–H and O–H groups in total. The fraction of sp³-hybridized carbons (Fsp3) is 0.706. The van der Waals surface area contributed by atoms with E-state index in [2.05, 4.69) is 23.3 Å². The van der Waals surface area contributed by atoms with Crippen LogP contribution in [-0.2, 0) is 6.54 Å². The molecule has 0 aliphatic carbocycles. The molecule has 1 aliphatic heterocycles. The minimum atomic E-state index is 0.235. The topological polar surface area (TPSA) is 45.5 Å². The summed E-state index contributed by atoms with van der Waals surface area (Å²) < 4.78 is 2.19. The van der Waals surface area contributed by atoms with E-state index in [1.165, 1.54) is 0 Å². The van der Waals surface area contributed by atoms with Crippen molar-refractivity contribution < 1.29 is 9.90 Å². The summed E-state index contributed by atoms with van der Waals surface area (Å²) in [6.45, 7) is 8.89. The molecule has 4 nitrogen and oxygen atoms in total. The number of Topliss-reactive ketones (excluding diaryl/α,β-unsaturated/α-hetero) is 1. The Labute approximate surface area is 127 Å². The number of hydrogen-bond acceptors (Lipinski definition) is 3. The third kappa shape index (κ3) is 3.55. The van der Waals surface area contributed by atoms with E-state index < -0.39 is 0 Å². The van der Waals surface area contributed by atoms with E-state index in [0.29, 0.717) is 12.6 Å². The van der Waals surface area contributed by atoms with Gasteiger partial charge in [0.2, 0.25) is 0 Å². The molecule has 1 aromatic heterocycles. The standard InChI is InChI=1S/C17H28N2O2/c1-4-19-13(2)11-16(14(19)3)17(21)12-18-9-5-7-15(18)8-6-10-20/h11,15,20H,4-10,12H2,1-3H3. The molecule has 2 rings (SSSR count). The third-order valence-corrected chi connectivity index (χ3v) is 4.73. The first-order valence-electron chi connectivity index (χ1n) is 8.13. The number of ketones is 1. The van der Waals surface area contributed by atoms with Crippen molar-refractivity contribution in [2.45, 2.75) is 59.0 Å². The van der Waals surface area contributed by atoms with E-state index in [4.69, 9.17) is 5.11 Å². The van der Waals surface area contributed by atoms with Gasteiger partial charge in [-0.15, -0.1) is 0 Å². The summed E-state index contributed by atoms with van der Waals surface area (Å²) in [7, 11) is 0. The lowest BCUT2D eigenvalue weighted by molar-refractivity contribution is 0.0915. The Kier molecular flexibility index (Phi) is 5.59. The van der Waals surface area contributed by atoms with Crippen LogP contribution in [0.25, 0.3) is 0 Å². The molecule has 1 saturated heterocycles. The Morgan fingerprint density at radius 1 is 1.43 bits per heavy atom. The number of carbonyl (C=O) groups is 1. The van der Waals surface area contributed by atoms with Gasteiger partial charge in [0.15, 0.2) is 5.78 Å². The van der Waals surface area contributed by atoms with Crippen LogP contribution in [0.1, 0.15) is 54.4 Å². The highest BCUT2D eigenvalue weighted by Crippen LogP contribution is 2.23. The number of hydrogen-bond donors (Lipinski definition) is 1. The van der Waals surface area contributed by atoms with Crippen LogP contribution in [0.2, 0.25) is 0 Å². The number of likely N-dealkylation sites (tertiary alicyclic amines) is 1. The maximum atomic E-state index is 12.6. The van der Waals surface area contributed by atoms with Gasteiger partial charge in [-0.05, 0) is 59.1 Å². The first-order chi connectivity index (χ1) is 10.1. The molecule has 1 aliphatic rings. The molecule has 1 fully saturated rings. The van der Waals surface area contributed by atoms with Gasteiger partial charge < -0.3 is 9.67 Å². The maximum Gasteiger partial charge on any atom is 0.178 e. The molecule has 0 aromatic carbocycles. The van der Waals surface area contributed by atoms with Crippen LogP contribution in [-0.4, -0.2) is 46.1 Å². The minimum absolute atomic E-state index is 0.235. The Bertz CT molecular complexity index is 493. The van der Waals surface area contributed by atoms with Crippen molar-refractivity contribution in [3.05, 3.63) is 23.0 Å². The average molecular weight is 292 g/mol. The van der Waals surface area contributed by atoms with Crippen LogP contribution in [0, 0.1) is 13.8 Å². The molecule has 2 heterocycles. The predicted octanol–water partition coefficient (Wildman–Crippen LogP) is 2.54. The zero-order valence-corrected chi connectivity index (χ0v) is 13.6. The second-order valence-electron chi connectivity index (χ2n) is 6.08. The zero-order chi connectivity index (χ0) is 15.4. The molecule has 4 heteroatoms. The number of rotatable bonds is 7. The Morgan fingerprint density at radius 2 is 2.19 bits per heavy atom. The number of aryl methyl sites for hydroxylation is 1. The highest BCUT2D eigenvalue weighted by molar-refractivity contribution is 5.99. The highest BCUT2D eigenvalue weighted by atomic mass is 16.2. The van der Waals surface area contributed by atoms with Gasteiger partial charge in [-0.2, -0.15) is 0 Å². The summed E-state index contributed by atoms with van der Waals surface area (Å²) in [5.41, 5.74) is 3.13. The van der Waals surface area contributed by atoms with Crippen LogP contribution < -0.4 is 0 Å². The molecule has 1 aromatic rings. The smallest absolute Gasteiger partial charge is 0.178 e. The normalized spacial score (nSPS) is 19.3. The highest BCUT2D eigenvalue weighted by Gasteiger charge is 2.27. The van der Waals surface area contributed by atoms with Crippen LogP contribution in [0.15, 0.2) is 6.07 Å². The maximum absolute atomic E-state index is 12.6. The second-order valence-corrected chi connectivity index (χ2v) is 6.08. The van der Waals surface area contributed by atoms with E-state index in [-0.39, 0.29) is 12.4 Å². The van der Waals surface area contributed by atoms with E-state index in [1.54, 1.807) is 0 Å². The average Bonchev–Trinajstić information content (AvgIpc) is 3.01. The summed E-state index contributed by atoms with van der Waals surface area (Å²) in [4.78, 5) is 14.9. The van der Waals surface area contributed by atoms with Crippen molar-refractivity contribution in [3.63, 3.8) is 0 Å². The van der Waals surface area contributed by atoms with Crippen molar-refractivity contribution in [1.29, 1.82) is 0 Å². The minimum Gasteiger partial charge on any atom is -0.396 e. The van der Waals surface area contributed by atoms with Crippen molar-refractivity contribution >= 4 is 5.78 Å². The first-order valence-corrected chi connectivity index (χ1v) is 8.13. The lowest BCUT2D eigenvalue weighted by atomic mass is 10.1. The number of carbonyl (C=O) groups excluding carboxylic acids is 1. The van der Waals surface area contributed by atoms with E-state index in [9.17, 15) is 4.79 Å². The monoisotopic (exact) mass is 292 g/mol. The van der Waals surface area contributed by atoms with Crippen molar-refractivity contribution in [1.82, 2.24) is 9.47 Å². The molecule has 1 atom stereocenters. The van der Waals surface area contributed by atoms with Gasteiger partial charge in [-0.3, -0.25) is 9.69 Å². The van der Waals surface area contributed by atoms with E-state index in [1.807, 2.05) is 13.0 Å². The van der Waals surface area contributed by atoms with E-state index >= 15 is 0 Å². The molecular formula is C17H28N2O2. The molecule has 118 valence electrons. The summed E-state index contributed by atoms with van der Waals surface area (Å²) in [6, 6.07) is 2.50. The van der Waals surface area contributed by atoms with Gasteiger partial charge in [0.05, 0.1) is 6.54 Å². The summed E-state index contributed by atoms with van der Waals surface area (Å²) in [6.07, 6.45) is 4.15. The van der Waals surface area contributed by atoms with Gasteiger partial charge >= 0.3 is 0 Å². The second kappa shape index (κ2) is 7.23. The Balaban J connectivity index is 2.04. The molecule has 1 unspecified atom stereocenters. The van der Waals surface area contributed by atoms with Crippen molar-refractivity contribution in [3.8, 4) is 0 Å². The molecule has 0 saturated carbocycles. The molecule has 0 radical (unpaired) electrons. The quantitative estimate of drug-likeness (QED) is 0.786. The molecule has 21 heavy (non-hydrogen) atoms. The number of aromatic nitrogens is 1. The van der Waals surface area contributed by atoms with Gasteiger partial charge in [0.25, 0.3) is 0 Å². The van der Waals surface area contributed by atoms with Crippen LogP contribution in [0.5, 0.6) is 0 Å². The van der Waals surface area contributed by atoms with Crippen molar-refractivity contribution in [2.24, 2.45) is 0 Å². The van der Waals surface area contributed by atoms with Gasteiger partial charge in [0.1, 0.15) is 0 Å². The summed E-state index contributed by atoms with van der Waals surface area (Å²) in [5, 5.41) is 8.98. The van der Waals surface area contributed by atoms with E-state index in [0.717, 1.165) is 55.7 Å². The molecule has 0 bridgehead atoms. The fourth-order valence-electron chi connectivity index (χ4n) is 3.60. The number of aliphatic hydroxyl groups excluding tert-OH is 1. The summed E-state index contributed by atoms with van der Waals surface area (Å²) in [5.74, 6) is 0.235. The van der Waals surface area contributed by atoms with Gasteiger partial charge in [-0.1, -0.05) is 0 Å². The SMILES string of the molecule is CCn1c(C)cc(C(=O)CN2CCCC2CCCO)c1C. The molecular weight excluding hydrogens is 264 g/mol. The molecule has 0 amide bonds. The lowest BCUT2D eigenvalue weighted by Gasteiger charge is -2.23. The van der Waals surface area contributed by atoms with Crippen LogP contribution in [0.3, 0.4) is 0 Å². The van der Waals surface area contributed by atoms with Crippen LogP contribution >= 0.6 is 0 Å². The predicted molar refractivity (Wildman–Crippen MR) is 84.8 cm³/mol.